The van der Waals surface area contributed by atoms with Crippen LogP contribution in [0.1, 0.15) is 20.8 Å². The first-order valence-electron chi connectivity index (χ1n) is 5.19. The summed E-state index contributed by atoms with van der Waals surface area (Å²) in [4.78, 5) is 11.8. The number of nitrogens with one attached hydrogen (secondary N) is 1. The molecule has 0 radical (unpaired) electrons. The summed E-state index contributed by atoms with van der Waals surface area (Å²) < 4.78 is 36.3. The number of hydrogen-bond acceptors (Lipinski definition) is 3. The van der Waals surface area contributed by atoms with Crippen LogP contribution in [-0.2, 0) is 4.79 Å². The van der Waals surface area contributed by atoms with E-state index in [2.05, 4.69) is 5.43 Å². The number of hydrogen-bond donors (Lipinski definition) is 1. The fourth-order valence-electron chi connectivity index (χ4n) is 1.76. The van der Waals surface area contributed by atoms with Crippen molar-refractivity contribution in [3.8, 4) is 0 Å². The Kier molecular flexibility index (Phi) is 3.64. The number of carbonyl (C=O) groups is 1. The summed E-state index contributed by atoms with van der Waals surface area (Å²) in [5, 5.41) is 1.06. The van der Waals surface area contributed by atoms with Crippen LogP contribution in [0.4, 0.5) is 13.2 Å². The molecule has 1 fully saturated rings. The third-order valence-corrected chi connectivity index (χ3v) is 2.48. The maximum Gasteiger partial charge on any atom is 0.402 e. The van der Waals surface area contributed by atoms with E-state index >= 15 is 0 Å². The molecular formula is C10H17F3N2O. The SMILES string of the molecule is CC(C)(C)C(=O)C1CNN(CC(F)(F)F)C1. The Morgan fingerprint density at radius 1 is 1.38 bits per heavy atom. The Labute approximate surface area is 93.0 Å². The first-order chi connectivity index (χ1) is 7.09. The Hall–Kier alpha value is -0.620. The van der Waals surface area contributed by atoms with Crippen LogP contribution in [0.3, 0.4) is 0 Å². The van der Waals surface area contributed by atoms with Crippen LogP contribution in [0.5, 0.6) is 0 Å². The van der Waals surface area contributed by atoms with Crippen LogP contribution in [0.25, 0.3) is 0 Å². The van der Waals surface area contributed by atoms with Crippen LogP contribution in [0.2, 0.25) is 0 Å². The number of alkyl halides is 3. The lowest BCUT2D eigenvalue weighted by molar-refractivity contribution is -0.150. The van der Waals surface area contributed by atoms with Gasteiger partial charge in [-0.1, -0.05) is 20.8 Å². The Morgan fingerprint density at radius 3 is 2.38 bits per heavy atom. The minimum Gasteiger partial charge on any atom is -0.299 e. The first-order valence-corrected chi connectivity index (χ1v) is 5.19. The van der Waals surface area contributed by atoms with E-state index in [1.807, 2.05) is 0 Å². The molecule has 16 heavy (non-hydrogen) atoms. The zero-order valence-electron chi connectivity index (χ0n) is 9.69. The van der Waals surface area contributed by atoms with Crippen molar-refractivity contribution in [3.63, 3.8) is 0 Å². The molecule has 0 aromatic carbocycles. The molecule has 1 atom stereocenters. The van der Waals surface area contributed by atoms with Crippen LogP contribution in [0.15, 0.2) is 0 Å². The second-order valence-corrected chi connectivity index (χ2v) is 5.17. The number of carbonyl (C=O) groups excluding carboxylic acids is 1. The quantitative estimate of drug-likeness (QED) is 0.793. The molecule has 94 valence electrons. The summed E-state index contributed by atoms with van der Waals surface area (Å²) in [6.45, 7) is 4.76. The lowest BCUT2D eigenvalue weighted by Gasteiger charge is -2.21. The van der Waals surface area contributed by atoms with Gasteiger partial charge in [0.05, 0.1) is 0 Å². The van der Waals surface area contributed by atoms with Crippen LogP contribution < -0.4 is 5.43 Å². The lowest BCUT2D eigenvalue weighted by atomic mass is 9.83. The van der Waals surface area contributed by atoms with Crippen molar-refractivity contribution in [3.05, 3.63) is 0 Å². The minimum absolute atomic E-state index is 0.00433. The third kappa shape index (κ3) is 3.75. The molecule has 0 bridgehead atoms. The molecule has 1 aliphatic rings. The maximum absolute atomic E-state index is 12.1. The van der Waals surface area contributed by atoms with Gasteiger partial charge in [-0.3, -0.25) is 10.2 Å². The fourth-order valence-corrected chi connectivity index (χ4v) is 1.76. The number of hydrazine groups is 1. The maximum atomic E-state index is 12.1. The molecule has 0 spiro atoms. The number of halogens is 3. The van der Waals surface area contributed by atoms with Gasteiger partial charge in [0, 0.05) is 24.4 Å². The molecule has 1 unspecified atom stereocenters. The molecule has 1 saturated heterocycles. The van der Waals surface area contributed by atoms with Gasteiger partial charge in [-0.15, -0.1) is 0 Å². The van der Waals surface area contributed by atoms with Gasteiger partial charge in [0.25, 0.3) is 0 Å². The Balaban J connectivity index is 2.50. The first kappa shape index (κ1) is 13.4. The van der Waals surface area contributed by atoms with E-state index in [1.54, 1.807) is 20.8 Å². The van der Waals surface area contributed by atoms with Crippen molar-refractivity contribution in [2.45, 2.75) is 26.9 Å². The predicted octanol–water partition coefficient (Wildman–Crippen LogP) is 1.60. The molecule has 0 aromatic rings. The summed E-state index contributed by atoms with van der Waals surface area (Å²) in [6, 6.07) is 0. The number of nitrogens with zero attached hydrogens (tertiary/aromatic N) is 1. The molecule has 0 saturated carbocycles. The van der Waals surface area contributed by atoms with Crippen molar-refractivity contribution >= 4 is 5.78 Å². The van der Waals surface area contributed by atoms with E-state index in [-0.39, 0.29) is 18.2 Å². The summed E-state index contributed by atoms with van der Waals surface area (Å²) in [6.07, 6.45) is -4.23. The van der Waals surface area contributed by atoms with Gasteiger partial charge in [0.15, 0.2) is 0 Å². The molecule has 1 aliphatic heterocycles. The van der Waals surface area contributed by atoms with Crippen molar-refractivity contribution in [2.24, 2.45) is 11.3 Å². The van der Waals surface area contributed by atoms with E-state index in [0.717, 1.165) is 5.01 Å². The summed E-state index contributed by atoms with van der Waals surface area (Å²) in [7, 11) is 0. The summed E-state index contributed by atoms with van der Waals surface area (Å²) >= 11 is 0. The molecule has 1 N–H and O–H groups in total. The van der Waals surface area contributed by atoms with E-state index in [9.17, 15) is 18.0 Å². The third-order valence-electron chi connectivity index (χ3n) is 2.48. The fraction of sp³-hybridized carbons (Fsp3) is 0.900. The van der Waals surface area contributed by atoms with Gasteiger partial charge in [0.1, 0.15) is 12.3 Å². The van der Waals surface area contributed by atoms with Crippen LogP contribution in [0, 0.1) is 11.3 Å². The highest BCUT2D eigenvalue weighted by Crippen LogP contribution is 2.24. The van der Waals surface area contributed by atoms with E-state index in [4.69, 9.17) is 0 Å². The minimum atomic E-state index is -4.23. The zero-order valence-corrected chi connectivity index (χ0v) is 9.69. The van der Waals surface area contributed by atoms with Gasteiger partial charge in [-0.2, -0.15) is 13.2 Å². The van der Waals surface area contributed by atoms with Crippen molar-refractivity contribution in [1.82, 2.24) is 10.4 Å². The molecule has 0 aliphatic carbocycles. The topological polar surface area (TPSA) is 32.3 Å². The molecule has 0 amide bonds. The van der Waals surface area contributed by atoms with Gasteiger partial charge in [0.2, 0.25) is 0 Å². The lowest BCUT2D eigenvalue weighted by Crippen LogP contribution is -2.39. The second-order valence-electron chi connectivity index (χ2n) is 5.17. The van der Waals surface area contributed by atoms with E-state index in [0.29, 0.717) is 6.54 Å². The number of Topliss-reactive ketones (excluding diaryl/α,β-unsaturated/α-hetero) is 1. The normalized spacial score (nSPS) is 23.8. The molecule has 1 rings (SSSR count). The van der Waals surface area contributed by atoms with E-state index < -0.39 is 18.1 Å². The van der Waals surface area contributed by atoms with Crippen molar-refractivity contribution < 1.29 is 18.0 Å². The Morgan fingerprint density at radius 2 is 1.94 bits per heavy atom. The Bertz CT molecular complexity index is 270. The highest BCUT2D eigenvalue weighted by atomic mass is 19.4. The van der Waals surface area contributed by atoms with Gasteiger partial charge < -0.3 is 0 Å². The standard InChI is InChI=1S/C10H17F3N2O/c1-9(2,3)8(16)7-4-14-15(5-7)6-10(11,12)13/h7,14H,4-6H2,1-3H3. The van der Waals surface area contributed by atoms with Crippen molar-refractivity contribution in [1.29, 1.82) is 0 Å². The van der Waals surface area contributed by atoms with Crippen LogP contribution in [-0.4, -0.2) is 36.6 Å². The summed E-state index contributed by atoms with van der Waals surface area (Å²) in [5.41, 5.74) is 2.11. The average Bonchev–Trinajstić information content (AvgIpc) is 2.46. The van der Waals surface area contributed by atoms with Gasteiger partial charge in [-0.05, 0) is 0 Å². The van der Waals surface area contributed by atoms with E-state index in [1.165, 1.54) is 0 Å². The predicted molar refractivity (Wildman–Crippen MR) is 53.6 cm³/mol. The summed E-state index contributed by atoms with van der Waals surface area (Å²) in [5.74, 6) is -0.341. The molecule has 1 heterocycles. The molecular weight excluding hydrogens is 221 g/mol. The molecule has 6 heteroatoms. The largest absolute Gasteiger partial charge is 0.402 e. The van der Waals surface area contributed by atoms with Crippen LogP contribution >= 0.6 is 0 Å². The molecule has 3 nitrogen and oxygen atoms in total. The zero-order chi connectivity index (χ0) is 12.6. The van der Waals surface area contributed by atoms with Gasteiger partial charge in [-0.25, -0.2) is 5.01 Å². The van der Waals surface area contributed by atoms with Gasteiger partial charge >= 0.3 is 6.18 Å². The highest BCUT2D eigenvalue weighted by molar-refractivity contribution is 5.86. The monoisotopic (exact) mass is 238 g/mol. The second kappa shape index (κ2) is 4.33. The smallest absolute Gasteiger partial charge is 0.299 e. The average molecular weight is 238 g/mol. The number of rotatable bonds is 2. The highest BCUT2D eigenvalue weighted by Gasteiger charge is 2.38. The van der Waals surface area contributed by atoms with Crippen molar-refractivity contribution in [2.75, 3.05) is 19.6 Å². The number of ketones is 1. The molecule has 0 aromatic heterocycles.